The Hall–Kier alpha value is -2.03. The van der Waals surface area contributed by atoms with Gasteiger partial charge in [-0.15, -0.1) is 0 Å². The molecule has 0 aliphatic rings. The van der Waals surface area contributed by atoms with Crippen LogP contribution in [0.15, 0.2) is 48.9 Å². The van der Waals surface area contributed by atoms with E-state index in [0.717, 1.165) is 11.4 Å². The highest BCUT2D eigenvalue weighted by molar-refractivity contribution is 5.43. The molecule has 0 N–H and O–H groups in total. The number of hydrogen-bond acceptors (Lipinski definition) is 2. The SMILES string of the molecule is CCO/C=C/c1ccn(-c2ccccc2)n1. The molecule has 0 saturated carbocycles. The molecule has 0 amide bonds. The van der Waals surface area contributed by atoms with Gasteiger partial charge in [0.15, 0.2) is 0 Å². The highest BCUT2D eigenvalue weighted by Crippen LogP contribution is 2.07. The van der Waals surface area contributed by atoms with Crippen LogP contribution in [0.25, 0.3) is 11.8 Å². The van der Waals surface area contributed by atoms with E-state index >= 15 is 0 Å². The van der Waals surface area contributed by atoms with Crippen molar-refractivity contribution >= 4 is 6.08 Å². The molecule has 0 spiro atoms. The summed E-state index contributed by atoms with van der Waals surface area (Å²) in [6.07, 6.45) is 5.45. The van der Waals surface area contributed by atoms with Crippen molar-refractivity contribution in [1.82, 2.24) is 9.78 Å². The summed E-state index contributed by atoms with van der Waals surface area (Å²) in [4.78, 5) is 0. The van der Waals surface area contributed by atoms with Crippen molar-refractivity contribution in [1.29, 1.82) is 0 Å². The Bertz CT molecular complexity index is 460. The third-order valence-electron chi connectivity index (χ3n) is 2.13. The van der Waals surface area contributed by atoms with Crippen LogP contribution in [-0.2, 0) is 4.74 Å². The van der Waals surface area contributed by atoms with Gasteiger partial charge in [-0.3, -0.25) is 0 Å². The monoisotopic (exact) mass is 214 g/mol. The van der Waals surface area contributed by atoms with Crippen LogP contribution < -0.4 is 0 Å². The lowest BCUT2D eigenvalue weighted by molar-refractivity contribution is 0.272. The first-order chi connectivity index (χ1) is 7.90. The van der Waals surface area contributed by atoms with Crippen LogP contribution in [0.3, 0.4) is 0 Å². The fourth-order valence-electron chi connectivity index (χ4n) is 1.37. The van der Waals surface area contributed by atoms with Crippen LogP contribution in [0.5, 0.6) is 0 Å². The second-order valence-electron chi connectivity index (χ2n) is 3.28. The smallest absolute Gasteiger partial charge is 0.0885 e. The van der Waals surface area contributed by atoms with Crippen molar-refractivity contribution in [2.75, 3.05) is 6.61 Å². The molecule has 3 nitrogen and oxygen atoms in total. The summed E-state index contributed by atoms with van der Waals surface area (Å²) < 4.78 is 6.96. The number of nitrogens with zero attached hydrogens (tertiary/aromatic N) is 2. The summed E-state index contributed by atoms with van der Waals surface area (Å²) in [5, 5.41) is 4.40. The van der Waals surface area contributed by atoms with Crippen molar-refractivity contribution in [2.24, 2.45) is 0 Å². The van der Waals surface area contributed by atoms with Crippen molar-refractivity contribution in [2.45, 2.75) is 6.92 Å². The lowest BCUT2D eigenvalue weighted by Crippen LogP contribution is -1.93. The van der Waals surface area contributed by atoms with Gasteiger partial charge in [0.25, 0.3) is 0 Å². The first kappa shape index (κ1) is 10.5. The van der Waals surface area contributed by atoms with Gasteiger partial charge in [-0.25, -0.2) is 4.68 Å². The zero-order valence-corrected chi connectivity index (χ0v) is 9.21. The molecular weight excluding hydrogens is 200 g/mol. The zero-order chi connectivity index (χ0) is 11.2. The summed E-state index contributed by atoms with van der Waals surface area (Å²) in [5.74, 6) is 0. The van der Waals surface area contributed by atoms with Gasteiger partial charge < -0.3 is 4.74 Å². The lowest BCUT2D eigenvalue weighted by atomic mass is 10.3. The maximum Gasteiger partial charge on any atom is 0.0885 e. The minimum absolute atomic E-state index is 0.676. The lowest BCUT2D eigenvalue weighted by Gasteiger charge is -1.98. The Morgan fingerprint density at radius 3 is 2.81 bits per heavy atom. The standard InChI is InChI=1S/C13H14N2O/c1-2-16-11-9-12-8-10-15(14-12)13-6-4-3-5-7-13/h3-11H,2H2,1H3/b11-9+. The van der Waals surface area contributed by atoms with Crippen LogP contribution in [0.1, 0.15) is 12.6 Å². The average molecular weight is 214 g/mol. The summed E-state index contributed by atoms with van der Waals surface area (Å²) >= 11 is 0. The minimum atomic E-state index is 0.676. The predicted molar refractivity (Wildman–Crippen MR) is 64.2 cm³/mol. The molecule has 0 aliphatic heterocycles. The molecule has 0 bridgehead atoms. The number of aromatic nitrogens is 2. The Morgan fingerprint density at radius 2 is 2.06 bits per heavy atom. The molecule has 0 unspecified atom stereocenters. The maximum atomic E-state index is 5.12. The van der Waals surface area contributed by atoms with Gasteiger partial charge >= 0.3 is 0 Å². The molecule has 0 aliphatic carbocycles. The first-order valence-electron chi connectivity index (χ1n) is 5.29. The second-order valence-corrected chi connectivity index (χ2v) is 3.28. The summed E-state index contributed by atoms with van der Waals surface area (Å²) in [5.41, 5.74) is 1.94. The maximum absolute atomic E-state index is 5.12. The molecule has 1 aromatic heterocycles. The van der Waals surface area contributed by atoms with Gasteiger partial charge in [0, 0.05) is 12.3 Å². The van der Waals surface area contributed by atoms with Crippen LogP contribution in [-0.4, -0.2) is 16.4 Å². The topological polar surface area (TPSA) is 27.1 Å². The van der Waals surface area contributed by atoms with Gasteiger partial charge in [-0.1, -0.05) is 18.2 Å². The highest BCUT2D eigenvalue weighted by atomic mass is 16.5. The molecule has 0 radical (unpaired) electrons. The van der Waals surface area contributed by atoms with Crippen LogP contribution in [0.2, 0.25) is 0 Å². The van der Waals surface area contributed by atoms with Gasteiger partial charge in [-0.2, -0.15) is 5.10 Å². The number of rotatable bonds is 4. The van der Waals surface area contributed by atoms with E-state index in [0.29, 0.717) is 6.61 Å². The number of benzene rings is 1. The van der Waals surface area contributed by atoms with E-state index in [4.69, 9.17) is 4.74 Å². The fraction of sp³-hybridized carbons (Fsp3) is 0.154. The van der Waals surface area contributed by atoms with E-state index in [1.807, 2.05) is 60.3 Å². The van der Waals surface area contributed by atoms with E-state index in [1.165, 1.54) is 0 Å². The number of para-hydroxylation sites is 1. The van der Waals surface area contributed by atoms with Gasteiger partial charge in [0.2, 0.25) is 0 Å². The summed E-state index contributed by atoms with van der Waals surface area (Å²) in [7, 11) is 0. The molecule has 0 fully saturated rings. The number of ether oxygens (including phenoxy) is 1. The predicted octanol–water partition coefficient (Wildman–Crippen LogP) is 2.88. The average Bonchev–Trinajstić information content (AvgIpc) is 2.79. The minimum Gasteiger partial charge on any atom is -0.501 e. The molecule has 2 rings (SSSR count). The van der Waals surface area contributed by atoms with Crippen molar-refractivity contribution in [3.63, 3.8) is 0 Å². The van der Waals surface area contributed by atoms with E-state index in [9.17, 15) is 0 Å². The molecule has 82 valence electrons. The molecule has 3 heteroatoms. The van der Waals surface area contributed by atoms with Crippen molar-refractivity contribution in [3.05, 3.63) is 54.6 Å². The van der Waals surface area contributed by atoms with Gasteiger partial charge in [0.1, 0.15) is 0 Å². The Morgan fingerprint density at radius 1 is 1.25 bits per heavy atom. The Balaban J connectivity index is 2.14. The second kappa shape index (κ2) is 5.16. The van der Waals surface area contributed by atoms with Crippen LogP contribution >= 0.6 is 0 Å². The van der Waals surface area contributed by atoms with E-state index in [2.05, 4.69) is 5.10 Å². The Labute approximate surface area is 95.0 Å². The van der Waals surface area contributed by atoms with Crippen molar-refractivity contribution in [3.8, 4) is 5.69 Å². The van der Waals surface area contributed by atoms with Gasteiger partial charge in [-0.05, 0) is 25.1 Å². The normalized spacial score (nSPS) is 10.8. The van der Waals surface area contributed by atoms with E-state index in [-0.39, 0.29) is 0 Å². The number of hydrogen-bond donors (Lipinski definition) is 0. The highest BCUT2D eigenvalue weighted by Gasteiger charge is 1.97. The molecule has 16 heavy (non-hydrogen) atoms. The van der Waals surface area contributed by atoms with Crippen LogP contribution in [0, 0.1) is 0 Å². The molecule has 0 atom stereocenters. The third-order valence-corrected chi connectivity index (χ3v) is 2.13. The zero-order valence-electron chi connectivity index (χ0n) is 9.21. The van der Waals surface area contributed by atoms with E-state index < -0.39 is 0 Å². The Kier molecular flexibility index (Phi) is 3.38. The fourth-order valence-corrected chi connectivity index (χ4v) is 1.37. The molecule has 1 aromatic carbocycles. The molecular formula is C13H14N2O. The molecule has 0 saturated heterocycles. The quantitative estimate of drug-likeness (QED) is 0.732. The molecule has 1 heterocycles. The van der Waals surface area contributed by atoms with Crippen LogP contribution in [0.4, 0.5) is 0 Å². The first-order valence-corrected chi connectivity index (χ1v) is 5.29. The van der Waals surface area contributed by atoms with Gasteiger partial charge in [0.05, 0.1) is 24.3 Å². The van der Waals surface area contributed by atoms with E-state index in [1.54, 1.807) is 6.26 Å². The largest absolute Gasteiger partial charge is 0.501 e. The molecule has 2 aromatic rings. The summed E-state index contributed by atoms with van der Waals surface area (Å²) in [6.45, 7) is 2.63. The van der Waals surface area contributed by atoms with Crippen molar-refractivity contribution < 1.29 is 4.74 Å². The third kappa shape index (κ3) is 2.51. The summed E-state index contributed by atoms with van der Waals surface area (Å²) in [6, 6.07) is 12.0.